The maximum absolute atomic E-state index is 12.1. The summed E-state index contributed by atoms with van der Waals surface area (Å²) in [6, 6.07) is 11.0. The fourth-order valence-electron chi connectivity index (χ4n) is 2.48. The number of halogens is 1. The van der Waals surface area contributed by atoms with Crippen LogP contribution in [0.4, 0.5) is 11.4 Å². The molecule has 0 heterocycles. The van der Waals surface area contributed by atoms with E-state index in [1.165, 1.54) is 12.1 Å². The SMILES string of the molecule is CC[C@H](C)c1ccccc1NC(=O)COC(=O)c1ccc(Cl)cc1[N+](=O)[O-]. The molecular weight excluding hydrogens is 372 g/mol. The van der Waals surface area contributed by atoms with Crippen molar-refractivity contribution in [2.24, 2.45) is 0 Å². The Balaban J connectivity index is 2.05. The fraction of sp³-hybridized carbons (Fsp3) is 0.263. The van der Waals surface area contributed by atoms with E-state index in [4.69, 9.17) is 16.3 Å². The molecule has 2 rings (SSSR count). The first kappa shape index (κ1) is 20.4. The Morgan fingerprint density at radius 3 is 2.63 bits per heavy atom. The molecule has 0 aliphatic rings. The first-order chi connectivity index (χ1) is 12.8. The van der Waals surface area contributed by atoms with Crippen molar-refractivity contribution in [3.63, 3.8) is 0 Å². The lowest BCUT2D eigenvalue weighted by atomic mass is 9.97. The van der Waals surface area contributed by atoms with Gasteiger partial charge in [0.05, 0.1) is 4.92 Å². The Labute approximate surface area is 161 Å². The highest BCUT2D eigenvalue weighted by molar-refractivity contribution is 6.31. The minimum atomic E-state index is -0.969. The minimum absolute atomic E-state index is 0.123. The summed E-state index contributed by atoms with van der Waals surface area (Å²) >= 11 is 5.71. The maximum Gasteiger partial charge on any atom is 0.345 e. The van der Waals surface area contributed by atoms with Crippen LogP contribution in [-0.2, 0) is 9.53 Å². The van der Waals surface area contributed by atoms with E-state index >= 15 is 0 Å². The Hall–Kier alpha value is -2.93. The Morgan fingerprint density at radius 1 is 1.26 bits per heavy atom. The van der Waals surface area contributed by atoms with Crippen LogP contribution in [0, 0.1) is 10.1 Å². The number of esters is 1. The monoisotopic (exact) mass is 390 g/mol. The van der Waals surface area contributed by atoms with E-state index in [2.05, 4.69) is 5.32 Å². The molecule has 0 fully saturated rings. The zero-order valence-electron chi connectivity index (χ0n) is 14.9. The van der Waals surface area contributed by atoms with Crippen LogP contribution in [0.25, 0.3) is 0 Å². The van der Waals surface area contributed by atoms with Crippen LogP contribution >= 0.6 is 11.6 Å². The standard InChI is InChI=1S/C19H19ClN2O5/c1-3-12(2)14-6-4-5-7-16(14)21-18(23)11-27-19(24)15-9-8-13(20)10-17(15)22(25)26/h4-10,12H,3,11H2,1-2H3,(H,21,23)/t12-/m0/s1. The van der Waals surface area contributed by atoms with Gasteiger partial charge in [-0.1, -0.05) is 43.6 Å². The van der Waals surface area contributed by atoms with Crippen molar-refractivity contribution in [3.8, 4) is 0 Å². The summed E-state index contributed by atoms with van der Waals surface area (Å²) in [5.41, 5.74) is 0.880. The smallest absolute Gasteiger partial charge is 0.345 e. The van der Waals surface area contributed by atoms with E-state index in [0.29, 0.717) is 5.69 Å². The molecule has 0 aliphatic carbocycles. The van der Waals surface area contributed by atoms with Crippen LogP contribution < -0.4 is 5.32 Å². The van der Waals surface area contributed by atoms with Crippen LogP contribution in [0.15, 0.2) is 42.5 Å². The second kappa shape index (κ2) is 9.14. The van der Waals surface area contributed by atoms with Crippen LogP contribution in [0.5, 0.6) is 0 Å². The number of benzene rings is 2. The van der Waals surface area contributed by atoms with Crippen LogP contribution in [0.2, 0.25) is 5.02 Å². The van der Waals surface area contributed by atoms with Gasteiger partial charge in [-0.15, -0.1) is 0 Å². The zero-order valence-corrected chi connectivity index (χ0v) is 15.7. The van der Waals surface area contributed by atoms with Crippen LogP contribution in [0.1, 0.15) is 42.1 Å². The van der Waals surface area contributed by atoms with Gasteiger partial charge >= 0.3 is 5.97 Å². The normalized spacial score (nSPS) is 11.5. The zero-order chi connectivity index (χ0) is 20.0. The Morgan fingerprint density at radius 2 is 1.96 bits per heavy atom. The molecule has 27 heavy (non-hydrogen) atoms. The first-order valence-electron chi connectivity index (χ1n) is 8.33. The van der Waals surface area contributed by atoms with Crippen LogP contribution in [-0.4, -0.2) is 23.4 Å². The largest absolute Gasteiger partial charge is 0.452 e. The molecule has 0 spiro atoms. The lowest BCUT2D eigenvalue weighted by Gasteiger charge is -2.15. The molecule has 1 N–H and O–H groups in total. The molecule has 1 atom stereocenters. The summed E-state index contributed by atoms with van der Waals surface area (Å²) in [6.45, 7) is 3.53. The highest BCUT2D eigenvalue weighted by Gasteiger charge is 2.22. The molecule has 0 saturated carbocycles. The molecule has 2 aromatic rings. The van der Waals surface area contributed by atoms with Gasteiger partial charge in [0.25, 0.3) is 11.6 Å². The Kier molecular flexibility index (Phi) is 6.90. The summed E-state index contributed by atoms with van der Waals surface area (Å²) in [7, 11) is 0. The van der Waals surface area contributed by atoms with Crippen molar-refractivity contribution in [3.05, 3.63) is 68.7 Å². The van der Waals surface area contributed by atoms with Gasteiger partial charge in [0.2, 0.25) is 0 Å². The van der Waals surface area contributed by atoms with E-state index in [1.807, 2.05) is 26.0 Å². The van der Waals surface area contributed by atoms with Gasteiger partial charge in [-0.3, -0.25) is 14.9 Å². The molecule has 0 aromatic heterocycles. The number of nitrogens with zero attached hydrogens (tertiary/aromatic N) is 1. The number of hydrogen-bond donors (Lipinski definition) is 1. The molecule has 0 radical (unpaired) electrons. The molecule has 0 saturated heterocycles. The number of nitrogens with one attached hydrogen (secondary N) is 1. The number of anilines is 1. The summed E-state index contributed by atoms with van der Waals surface area (Å²) in [6.07, 6.45) is 0.905. The van der Waals surface area contributed by atoms with Gasteiger partial charge in [-0.25, -0.2) is 4.79 Å². The number of rotatable bonds is 7. The van der Waals surface area contributed by atoms with E-state index in [1.54, 1.807) is 12.1 Å². The van der Waals surface area contributed by atoms with E-state index in [-0.39, 0.29) is 16.5 Å². The molecular formula is C19H19ClN2O5. The van der Waals surface area contributed by atoms with E-state index < -0.39 is 29.1 Å². The third-order valence-electron chi connectivity index (χ3n) is 4.09. The second-order valence-electron chi connectivity index (χ2n) is 5.94. The van der Waals surface area contributed by atoms with Crippen molar-refractivity contribution in [2.45, 2.75) is 26.2 Å². The number of para-hydroxylation sites is 1. The highest BCUT2D eigenvalue weighted by atomic mass is 35.5. The molecule has 8 heteroatoms. The van der Waals surface area contributed by atoms with Crippen molar-refractivity contribution in [1.82, 2.24) is 0 Å². The van der Waals surface area contributed by atoms with Crippen LogP contribution in [0.3, 0.4) is 0 Å². The first-order valence-corrected chi connectivity index (χ1v) is 8.71. The molecule has 0 bridgehead atoms. The number of ether oxygens (including phenoxy) is 1. The Bertz CT molecular complexity index is 869. The fourth-order valence-corrected chi connectivity index (χ4v) is 2.65. The molecule has 0 unspecified atom stereocenters. The van der Waals surface area contributed by atoms with Gasteiger partial charge in [0.1, 0.15) is 5.56 Å². The highest BCUT2D eigenvalue weighted by Crippen LogP contribution is 2.27. The minimum Gasteiger partial charge on any atom is -0.452 e. The van der Waals surface area contributed by atoms with Gasteiger partial charge in [0, 0.05) is 16.8 Å². The quantitative estimate of drug-likeness (QED) is 0.424. The summed E-state index contributed by atoms with van der Waals surface area (Å²) in [5.74, 6) is -1.25. The van der Waals surface area contributed by atoms with Crippen molar-refractivity contribution in [2.75, 3.05) is 11.9 Å². The third-order valence-corrected chi connectivity index (χ3v) is 4.32. The lowest BCUT2D eigenvalue weighted by Crippen LogP contribution is -2.22. The number of carbonyl (C=O) groups excluding carboxylic acids is 2. The number of amides is 1. The average molecular weight is 391 g/mol. The second-order valence-corrected chi connectivity index (χ2v) is 6.38. The molecule has 0 aliphatic heterocycles. The number of nitro benzene ring substituents is 1. The summed E-state index contributed by atoms with van der Waals surface area (Å²) in [4.78, 5) is 34.6. The average Bonchev–Trinajstić information content (AvgIpc) is 2.65. The molecule has 142 valence electrons. The maximum atomic E-state index is 12.1. The van der Waals surface area contributed by atoms with Gasteiger partial charge < -0.3 is 10.1 Å². The summed E-state index contributed by atoms with van der Waals surface area (Å²) < 4.78 is 4.92. The molecule has 7 nitrogen and oxygen atoms in total. The summed E-state index contributed by atoms with van der Waals surface area (Å²) in [5, 5.41) is 13.9. The van der Waals surface area contributed by atoms with E-state index in [9.17, 15) is 19.7 Å². The lowest BCUT2D eigenvalue weighted by molar-refractivity contribution is -0.385. The van der Waals surface area contributed by atoms with E-state index in [0.717, 1.165) is 18.1 Å². The van der Waals surface area contributed by atoms with Crippen molar-refractivity contribution >= 4 is 34.9 Å². The predicted molar refractivity (Wildman–Crippen MR) is 102 cm³/mol. The van der Waals surface area contributed by atoms with Gasteiger partial charge in [-0.05, 0) is 36.1 Å². The van der Waals surface area contributed by atoms with Crippen molar-refractivity contribution in [1.29, 1.82) is 0 Å². The van der Waals surface area contributed by atoms with Gasteiger partial charge in [-0.2, -0.15) is 0 Å². The molecule has 1 amide bonds. The number of nitro groups is 1. The third kappa shape index (κ3) is 5.27. The van der Waals surface area contributed by atoms with Gasteiger partial charge in [0.15, 0.2) is 6.61 Å². The topological polar surface area (TPSA) is 98.5 Å². The number of hydrogen-bond acceptors (Lipinski definition) is 5. The predicted octanol–water partition coefficient (Wildman–Crippen LogP) is 4.56. The van der Waals surface area contributed by atoms with Crippen molar-refractivity contribution < 1.29 is 19.2 Å². The number of carbonyl (C=O) groups is 2. The molecule has 2 aromatic carbocycles.